The molecule has 4 nitrogen and oxygen atoms in total. The van der Waals surface area contributed by atoms with E-state index in [0.717, 1.165) is 0 Å². The smallest absolute Gasteiger partial charge is 0.198 e. The molecular formula is C17H8F4N4. The molecule has 4 rings (SSSR count). The van der Waals surface area contributed by atoms with Crippen LogP contribution in [0.15, 0.2) is 48.9 Å². The van der Waals surface area contributed by atoms with Crippen molar-refractivity contribution in [2.75, 3.05) is 0 Å². The van der Waals surface area contributed by atoms with Gasteiger partial charge in [-0.15, -0.1) is 0 Å². The minimum absolute atomic E-state index is 0.0471. The summed E-state index contributed by atoms with van der Waals surface area (Å²) in [5.41, 5.74) is 0.747. The van der Waals surface area contributed by atoms with Crippen molar-refractivity contribution in [3.8, 4) is 22.5 Å². The third-order valence-electron chi connectivity index (χ3n) is 3.70. The summed E-state index contributed by atoms with van der Waals surface area (Å²) in [6.45, 7) is 0. The molecule has 0 aliphatic carbocycles. The minimum Gasteiger partial charge on any atom is -0.255 e. The maximum atomic E-state index is 14.2. The standard InChI is InChI=1S/C17H8F4N4/c18-11-8-10(14(19)16(21)15(11)20)17-9(2-1-5-22-17)12-4-7-25-13(24-12)3-6-23-25/h1-8H. The molecule has 0 N–H and O–H groups in total. The van der Waals surface area contributed by atoms with E-state index in [4.69, 9.17) is 0 Å². The molecule has 0 bridgehead atoms. The van der Waals surface area contributed by atoms with Gasteiger partial charge in [-0.3, -0.25) is 4.98 Å². The van der Waals surface area contributed by atoms with Gasteiger partial charge in [-0.05, 0) is 24.3 Å². The van der Waals surface area contributed by atoms with E-state index in [-0.39, 0.29) is 5.69 Å². The molecule has 3 heterocycles. The first-order valence-corrected chi connectivity index (χ1v) is 7.15. The highest BCUT2D eigenvalue weighted by Crippen LogP contribution is 2.33. The third-order valence-corrected chi connectivity index (χ3v) is 3.70. The van der Waals surface area contributed by atoms with Crippen LogP contribution in [0.5, 0.6) is 0 Å². The number of rotatable bonds is 2. The molecular weight excluding hydrogens is 336 g/mol. The zero-order chi connectivity index (χ0) is 17.6. The molecule has 1 aromatic carbocycles. The van der Waals surface area contributed by atoms with E-state index in [1.54, 1.807) is 36.7 Å². The highest BCUT2D eigenvalue weighted by molar-refractivity contribution is 5.79. The zero-order valence-electron chi connectivity index (χ0n) is 12.4. The lowest BCUT2D eigenvalue weighted by Crippen LogP contribution is -2.01. The van der Waals surface area contributed by atoms with Crippen molar-refractivity contribution in [1.29, 1.82) is 0 Å². The second-order valence-electron chi connectivity index (χ2n) is 5.19. The summed E-state index contributed by atoms with van der Waals surface area (Å²) in [6.07, 6.45) is 4.53. The van der Waals surface area contributed by atoms with Crippen molar-refractivity contribution in [3.05, 3.63) is 72.2 Å². The number of halogens is 4. The van der Waals surface area contributed by atoms with Crippen molar-refractivity contribution in [2.45, 2.75) is 0 Å². The van der Waals surface area contributed by atoms with Gasteiger partial charge in [0, 0.05) is 29.6 Å². The Balaban J connectivity index is 1.96. The van der Waals surface area contributed by atoms with Gasteiger partial charge in [0.2, 0.25) is 0 Å². The number of aromatic nitrogens is 4. The van der Waals surface area contributed by atoms with Gasteiger partial charge in [0.1, 0.15) is 0 Å². The Morgan fingerprint density at radius 1 is 0.840 bits per heavy atom. The van der Waals surface area contributed by atoms with Crippen molar-refractivity contribution in [3.63, 3.8) is 0 Å². The summed E-state index contributed by atoms with van der Waals surface area (Å²) in [5.74, 6) is -6.75. The van der Waals surface area contributed by atoms with Crippen molar-refractivity contribution < 1.29 is 17.6 Å². The van der Waals surface area contributed by atoms with E-state index in [1.807, 2.05) is 0 Å². The van der Waals surface area contributed by atoms with E-state index < -0.39 is 28.8 Å². The summed E-state index contributed by atoms with van der Waals surface area (Å²) >= 11 is 0. The number of nitrogens with zero attached hydrogens (tertiary/aromatic N) is 4. The van der Waals surface area contributed by atoms with Crippen LogP contribution in [0.2, 0.25) is 0 Å². The molecule has 0 fully saturated rings. The predicted octanol–water partition coefficient (Wildman–Crippen LogP) is 4.01. The van der Waals surface area contributed by atoms with Crippen LogP contribution in [0, 0.1) is 23.3 Å². The highest BCUT2D eigenvalue weighted by atomic mass is 19.2. The van der Waals surface area contributed by atoms with Gasteiger partial charge in [0.25, 0.3) is 0 Å². The average Bonchev–Trinajstić information content (AvgIpc) is 3.11. The van der Waals surface area contributed by atoms with Crippen LogP contribution in [0.4, 0.5) is 17.6 Å². The van der Waals surface area contributed by atoms with Crippen molar-refractivity contribution in [1.82, 2.24) is 19.6 Å². The summed E-state index contributed by atoms with van der Waals surface area (Å²) in [4.78, 5) is 8.37. The highest BCUT2D eigenvalue weighted by Gasteiger charge is 2.22. The number of fused-ring (bicyclic) bond motifs is 1. The van der Waals surface area contributed by atoms with E-state index in [1.165, 1.54) is 10.7 Å². The third kappa shape index (κ3) is 2.42. The lowest BCUT2D eigenvalue weighted by molar-refractivity contribution is 0.410. The van der Waals surface area contributed by atoms with Crippen LogP contribution >= 0.6 is 0 Å². The Kier molecular flexibility index (Phi) is 3.45. The Morgan fingerprint density at radius 3 is 2.52 bits per heavy atom. The maximum absolute atomic E-state index is 14.2. The zero-order valence-corrected chi connectivity index (χ0v) is 12.4. The molecule has 0 aliphatic heterocycles. The molecule has 124 valence electrons. The fourth-order valence-corrected chi connectivity index (χ4v) is 2.53. The summed E-state index contributed by atoms with van der Waals surface area (Å²) in [5, 5.41) is 4.02. The molecule has 3 aromatic heterocycles. The molecule has 8 heteroatoms. The number of hydrogen-bond acceptors (Lipinski definition) is 3. The Morgan fingerprint density at radius 2 is 1.68 bits per heavy atom. The lowest BCUT2D eigenvalue weighted by atomic mass is 10.0. The summed E-state index contributed by atoms with van der Waals surface area (Å²) < 4.78 is 56.1. The average molecular weight is 344 g/mol. The second kappa shape index (κ2) is 5.66. The molecule has 0 radical (unpaired) electrons. The topological polar surface area (TPSA) is 43.1 Å². The van der Waals surface area contributed by atoms with Crippen LogP contribution in [-0.2, 0) is 0 Å². The first-order chi connectivity index (χ1) is 12.1. The largest absolute Gasteiger partial charge is 0.255 e. The normalized spacial score (nSPS) is 11.2. The molecule has 0 saturated heterocycles. The van der Waals surface area contributed by atoms with Gasteiger partial charge in [0.05, 0.1) is 17.6 Å². The summed E-state index contributed by atoms with van der Waals surface area (Å²) in [6, 6.07) is 7.01. The quantitative estimate of drug-likeness (QED) is 0.313. The van der Waals surface area contributed by atoms with Gasteiger partial charge in [0.15, 0.2) is 28.9 Å². The first kappa shape index (κ1) is 15.3. The molecule has 0 atom stereocenters. The van der Waals surface area contributed by atoms with E-state index in [9.17, 15) is 17.6 Å². The van der Waals surface area contributed by atoms with Gasteiger partial charge < -0.3 is 0 Å². The van der Waals surface area contributed by atoms with E-state index in [0.29, 0.717) is 23.0 Å². The molecule has 0 amide bonds. The van der Waals surface area contributed by atoms with Crippen molar-refractivity contribution >= 4 is 5.65 Å². The van der Waals surface area contributed by atoms with Crippen LogP contribution in [0.3, 0.4) is 0 Å². The molecule has 0 unspecified atom stereocenters. The number of hydrogen-bond donors (Lipinski definition) is 0. The van der Waals surface area contributed by atoms with E-state index >= 15 is 0 Å². The fraction of sp³-hybridized carbons (Fsp3) is 0. The predicted molar refractivity (Wildman–Crippen MR) is 81.5 cm³/mol. The number of benzene rings is 1. The molecule has 0 aliphatic rings. The van der Waals surface area contributed by atoms with Crippen LogP contribution in [0.1, 0.15) is 0 Å². The van der Waals surface area contributed by atoms with Gasteiger partial charge in [-0.25, -0.2) is 27.1 Å². The second-order valence-corrected chi connectivity index (χ2v) is 5.19. The van der Waals surface area contributed by atoms with Crippen LogP contribution in [0.25, 0.3) is 28.2 Å². The molecule has 0 saturated carbocycles. The lowest BCUT2D eigenvalue weighted by Gasteiger charge is -2.10. The Labute approximate surface area is 138 Å². The Hall–Kier alpha value is -3.29. The van der Waals surface area contributed by atoms with Gasteiger partial charge in [-0.1, -0.05) is 0 Å². The minimum atomic E-state index is -1.88. The van der Waals surface area contributed by atoms with Crippen LogP contribution < -0.4 is 0 Å². The van der Waals surface area contributed by atoms with E-state index in [2.05, 4.69) is 15.1 Å². The fourth-order valence-electron chi connectivity index (χ4n) is 2.53. The van der Waals surface area contributed by atoms with Gasteiger partial charge >= 0.3 is 0 Å². The SMILES string of the molecule is Fc1cc(-c2ncccc2-c2ccn3nccc3n2)c(F)c(F)c1F. The van der Waals surface area contributed by atoms with Crippen molar-refractivity contribution in [2.24, 2.45) is 0 Å². The molecule has 0 spiro atoms. The van der Waals surface area contributed by atoms with Crippen LogP contribution in [-0.4, -0.2) is 19.6 Å². The molecule has 4 aromatic rings. The summed E-state index contributed by atoms with van der Waals surface area (Å²) in [7, 11) is 0. The first-order valence-electron chi connectivity index (χ1n) is 7.15. The maximum Gasteiger partial charge on any atom is 0.198 e. The monoisotopic (exact) mass is 344 g/mol. The Bertz CT molecular complexity index is 1110. The molecule has 25 heavy (non-hydrogen) atoms. The van der Waals surface area contributed by atoms with Gasteiger partial charge in [-0.2, -0.15) is 5.10 Å². The number of pyridine rings is 1.